The molecule has 4 aliphatic carbocycles. The Labute approximate surface area is 261 Å². The number of para-hydroxylation sites is 1. The Hall–Kier alpha value is -2.62. The molecule has 44 heavy (non-hydrogen) atoms. The van der Waals surface area contributed by atoms with Gasteiger partial charge in [-0.1, -0.05) is 39.0 Å². The summed E-state index contributed by atoms with van der Waals surface area (Å²) in [4.78, 5) is 12.6. The van der Waals surface area contributed by atoms with E-state index in [-0.39, 0.29) is 46.4 Å². The number of nitrogens with one attached hydrogen (secondary N) is 1. The first kappa shape index (κ1) is 31.4. The molecule has 4 aliphatic rings. The van der Waals surface area contributed by atoms with E-state index in [1.807, 2.05) is 22.9 Å². The van der Waals surface area contributed by atoms with Crippen LogP contribution in [0.15, 0.2) is 59.5 Å². The summed E-state index contributed by atoms with van der Waals surface area (Å²) in [7, 11) is -4.11. The van der Waals surface area contributed by atoms with Gasteiger partial charge in [0.2, 0.25) is 0 Å². The van der Waals surface area contributed by atoms with Crippen LogP contribution in [0.1, 0.15) is 72.1 Å². The number of sulfonamides is 1. The summed E-state index contributed by atoms with van der Waals surface area (Å²) in [6.45, 7) is 7.00. The maximum absolute atomic E-state index is 12.9. The first-order valence-corrected chi connectivity index (χ1v) is 17.8. The van der Waals surface area contributed by atoms with Gasteiger partial charge in [-0.15, -0.1) is 0 Å². The third kappa shape index (κ3) is 5.76. The average Bonchev–Trinajstić information content (AvgIpc) is 3.34. The lowest BCUT2D eigenvalue weighted by Gasteiger charge is -2.62. The Balaban J connectivity index is 1.05. The zero-order chi connectivity index (χ0) is 31.3. The second-order valence-electron chi connectivity index (χ2n) is 14.5. The van der Waals surface area contributed by atoms with Gasteiger partial charge in [-0.05, 0) is 134 Å². The van der Waals surface area contributed by atoms with Crippen LogP contribution in [-0.2, 0) is 14.8 Å². The molecule has 0 aliphatic heterocycles. The smallest absolute Gasteiger partial charge is 0.421 e. The van der Waals surface area contributed by atoms with Crippen molar-refractivity contribution in [1.82, 2.24) is 4.72 Å². The highest BCUT2D eigenvalue weighted by Crippen LogP contribution is 2.68. The highest BCUT2D eigenvalue weighted by molar-refractivity contribution is 7.90. The van der Waals surface area contributed by atoms with Gasteiger partial charge in [-0.25, -0.2) is 17.9 Å². The van der Waals surface area contributed by atoms with Crippen molar-refractivity contribution >= 4 is 16.1 Å². The molecule has 240 valence electrons. The maximum atomic E-state index is 12.9. The van der Waals surface area contributed by atoms with Crippen LogP contribution in [0.3, 0.4) is 0 Å². The number of benzene rings is 2. The third-order valence-corrected chi connectivity index (χ3v) is 13.6. The van der Waals surface area contributed by atoms with Crippen LogP contribution < -0.4 is 9.46 Å². The quantitative estimate of drug-likeness (QED) is 0.320. The van der Waals surface area contributed by atoms with E-state index in [2.05, 4.69) is 20.8 Å². The molecule has 9 heteroatoms. The van der Waals surface area contributed by atoms with Gasteiger partial charge in [-0.3, -0.25) is 0 Å². The molecule has 0 unspecified atom stereocenters. The maximum Gasteiger partial charge on any atom is 0.421 e. The number of hydrogen-bond acceptors (Lipinski definition) is 7. The molecule has 4 fully saturated rings. The van der Waals surface area contributed by atoms with Crippen LogP contribution in [-0.4, -0.2) is 43.5 Å². The summed E-state index contributed by atoms with van der Waals surface area (Å²) in [6.07, 6.45) is 6.14. The summed E-state index contributed by atoms with van der Waals surface area (Å²) in [5.41, 5.74) is 0.213. The van der Waals surface area contributed by atoms with E-state index in [1.54, 1.807) is 24.3 Å². The van der Waals surface area contributed by atoms with Crippen LogP contribution in [0, 0.1) is 46.3 Å². The normalized spacial score (nSPS) is 37.2. The SMILES string of the molecule is C[C@H](COC(=O)NS(=O)(=O)c1ccc(Oc2ccccc2)cc1)[C@H]1CC[C@H]2[C@@H]3[C@H](O)C[C@@H]4C[C@H](O)CC[C@]4(C)[C@H]3CC[C@]12C. The molecule has 6 rings (SSSR count). The van der Waals surface area contributed by atoms with E-state index in [9.17, 15) is 23.4 Å². The number of fused-ring (bicyclic) bond motifs is 5. The fourth-order valence-corrected chi connectivity index (χ4v) is 10.9. The molecule has 0 heterocycles. The molecule has 0 radical (unpaired) electrons. The molecule has 0 aromatic heterocycles. The Morgan fingerprint density at radius 2 is 1.57 bits per heavy atom. The largest absolute Gasteiger partial charge is 0.457 e. The minimum atomic E-state index is -4.11. The predicted octanol–water partition coefficient (Wildman–Crippen LogP) is 6.52. The van der Waals surface area contributed by atoms with Gasteiger partial charge in [0.05, 0.1) is 23.7 Å². The lowest BCUT2D eigenvalue weighted by molar-refractivity contribution is -0.174. The van der Waals surface area contributed by atoms with Crippen molar-refractivity contribution in [3.8, 4) is 11.5 Å². The number of carbonyl (C=O) groups excluding carboxylic acids is 1. The topological polar surface area (TPSA) is 122 Å². The Morgan fingerprint density at radius 1 is 0.909 bits per heavy atom. The lowest BCUT2D eigenvalue weighted by atomic mass is 9.43. The van der Waals surface area contributed by atoms with Gasteiger partial charge in [0.15, 0.2) is 0 Å². The highest BCUT2D eigenvalue weighted by atomic mass is 32.2. The van der Waals surface area contributed by atoms with Gasteiger partial charge in [0.1, 0.15) is 11.5 Å². The van der Waals surface area contributed by atoms with Crippen LogP contribution >= 0.6 is 0 Å². The molecule has 0 saturated heterocycles. The summed E-state index contributed by atoms with van der Waals surface area (Å²) < 4.78 is 39.0. The minimum absolute atomic E-state index is 0.0361. The van der Waals surface area contributed by atoms with Crippen LogP contribution in [0.25, 0.3) is 0 Å². The van der Waals surface area contributed by atoms with Gasteiger partial charge in [0.25, 0.3) is 10.0 Å². The zero-order valence-electron chi connectivity index (χ0n) is 26.0. The van der Waals surface area contributed by atoms with Gasteiger partial charge in [0, 0.05) is 0 Å². The number of carbonyl (C=O) groups is 1. The predicted molar refractivity (Wildman–Crippen MR) is 166 cm³/mol. The zero-order valence-corrected chi connectivity index (χ0v) is 26.8. The van der Waals surface area contributed by atoms with E-state index < -0.39 is 16.1 Å². The first-order valence-electron chi connectivity index (χ1n) is 16.3. The second-order valence-corrected chi connectivity index (χ2v) is 16.2. The second kappa shape index (κ2) is 12.0. The van der Waals surface area contributed by atoms with E-state index in [0.29, 0.717) is 35.2 Å². The average molecular weight is 626 g/mol. The van der Waals surface area contributed by atoms with Crippen molar-refractivity contribution < 1.29 is 32.9 Å². The Morgan fingerprint density at radius 3 is 2.30 bits per heavy atom. The van der Waals surface area contributed by atoms with Crippen molar-refractivity contribution in [1.29, 1.82) is 0 Å². The number of rotatable bonds is 7. The minimum Gasteiger partial charge on any atom is -0.457 e. The van der Waals surface area contributed by atoms with Crippen molar-refractivity contribution in [3.63, 3.8) is 0 Å². The van der Waals surface area contributed by atoms with E-state index >= 15 is 0 Å². The number of aliphatic hydroxyl groups excluding tert-OH is 2. The number of ether oxygens (including phenoxy) is 2. The van der Waals surface area contributed by atoms with Crippen molar-refractivity contribution in [2.75, 3.05) is 6.61 Å². The molecule has 10 atom stereocenters. The summed E-state index contributed by atoms with van der Waals surface area (Å²) in [6, 6.07) is 15.1. The van der Waals surface area contributed by atoms with Crippen molar-refractivity contribution in [3.05, 3.63) is 54.6 Å². The first-order chi connectivity index (χ1) is 20.9. The van der Waals surface area contributed by atoms with E-state index in [0.717, 1.165) is 51.4 Å². The Kier molecular flexibility index (Phi) is 8.52. The molecule has 8 nitrogen and oxygen atoms in total. The summed E-state index contributed by atoms with van der Waals surface area (Å²) >= 11 is 0. The van der Waals surface area contributed by atoms with E-state index in [1.165, 1.54) is 12.1 Å². The molecule has 0 spiro atoms. The summed E-state index contributed by atoms with van der Waals surface area (Å²) in [5, 5.41) is 21.8. The van der Waals surface area contributed by atoms with Gasteiger partial charge >= 0.3 is 6.09 Å². The lowest BCUT2D eigenvalue weighted by Crippen LogP contribution is -2.58. The fraction of sp³-hybridized carbons (Fsp3) is 0.629. The fourth-order valence-electron chi connectivity index (χ4n) is 10.0. The molecule has 2 aromatic rings. The molecule has 0 bridgehead atoms. The molecule has 1 amide bonds. The number of aliphatic hydroxyl groups is 2. The third-order valence-electron chi connectivity index (χ3n) is 12.2. The Bertz CT molecular complexity index is 1430. The van der Waals surface area contributed by atoms with Crippen LogP contribution in [0.2, 0.25) is 0 Å². The van der Waals surface area contributed by atoms with Gasteiger partial charge in [-0.2, -0.15) is 0 Å². The van der Waals surface area contributed by atoms with Crippen LogP contribution in [0.4, 0.5) is 4.79 Å². The van der Waals surface area contributed by atoms with E-state index in [4.69, 9.17) is 9.47 Å². The molecular weight excluding hydrogens is 578 g/mol. The highest BCUT2D eigenvalue weighted by Gasteiger charge is 2.62. The molecule has 4 saturated carbocycles. The van der Waals surface area contributed by atoms with Crippen LogP contribution in [0.5, 0.6) is 11.5 Å². The van der Waals surface area contributed by atoms with Crippen molar-refractivity contribution in [2.45, 2.75) is 89.2 Å². The molecule has 3 N–H and O–H groups in total. The monoisotopic (exact) mass is 625 g/mol. The van der Waals surface area contributed by atoms with Gasteiger partial charge < -0.3 is 19.7 Å². The molecule has 2 aromatic carbocycles. The molecular formula is C35H47NO7S. The number of hydrogen-bond donors (Lipinski definition) is 3. The standard InChI is InChI=1S/C35H47NO7S/c1-22(21-42-33(39)36-44(40,41)27-11-9-26(10-12-27)43-25-7-5-4-6-8-25)28-13-14-29-32-30(16-18-35(28,29)3)34(2)17-15-24(37)19-23(34)20-31(32)38/h4-12,22-24,28-32,37-38H,13-21H2,1-3H3,(H,36,39)/t22-,23+,24-,28-,29+,30+,31-,32+,34+,35-/m1/s1. The summed E-state index contributed by atoms with van der Waals surface area (Å²) in [5.74, 6) is 3.03. The van der Waals surface area contributed by atoms with Crippen molar-refractivity contribution in [2.24, 2.45) is 46.3 Å². The number of amides is 1.